The van der Waals surface area contributed by atoms with Crippen LogP contribution in [0.2, 0.25) is 0 Å². The number of urea groups is 1. The summed E-state index contributed by atoms with van der Waals surface area (Å²) in [6, 6.07) is -2.20. The Balaban J connectivity index is 4.55. The third-order valence-electron chi connectivity index (χ3n) is 2.25. The van der Waals surface area contributed by atoms with Crippen molar-refractivity contribution in [3.05, 3.63) is 0 Å². The smallest absolute Gasteiger partial charge is 0.406 e. The van der Waals surface area contributed by atoms with Crippen molar-refractivity contribution in [3.63, 3.8) is 0 Å². The van der Waals surface area contributed by atoms with Crippen LogP contribution >= 0.6 is 11.8 Å². The first-order valence-corrected chi connectivity index (χ1v) is 6.94. The molecule has 0 radical (unpaired) electrons. The number of halogens is 3. The fourth-order valence-corrected chi connectivity index (χ4v) is 1.75. The highest BCUT2D eigenvalue weighted by atomic mass is 32.2. The standard InChI is InChI=1S/C10H17F3N2O3S/c1-3-15(6-10(11,12)13)9(18)14-7(8(16)17)4-5-19-2/h7H,3-6H2,1-2H3,(H,14,18)(H,16,17)/t7-/m1/s1. The third kappa shape index (κ3) is 7.81. The summed E-state index contributed by atoms with van der Waals surface area (Å²) in [5.74, 6) is -0.770. The number of aliphatic carboxylic acids is 1. The number of amides is 2. The molecule has 0 fully saturated rings. The zero-order chi connectivity index (χ0) is 15.1. The highest BCUT2D eigenvalue weighted by molar-refractivity contribution is 7.98. The number of nitrogens with zero attached hydrogens (tertiary/aromatic N) is 1. The van der Waals surface area contributed by atoms with Gasteiger partial charge in [0.15, 0.2) is 0 Å². The monoisotopic (exact) mass is 302 g/mol. The van der Waals surface area contributed by atoms with E-state index in [1.165, 1.54) is 18.7 Å². The van der Waals surface area contributed by atoms with Gasteiger partial charge in [-0.1, -0.05) is 0 Å². The second-order valence-electron chi connectivity index (χ2n) is 3.75. The Bertz CT molecular complexity index is 313. The van der Waals surface area contributed by atoms with Gasteiger partial charge in [-0.2, -0.15) is 24.9 Å². The van der Waals surface area contributed by atoms with Crippen molar-refractivity contribution >= 4 is 23.8 Å². The number of carbonyl (C=O) groups is 2. The summed E-state index contributed by atoms with van der Waals surface area (Å²) in [5.41, 5.74) is 0. The molecule has 0 rings (SSSR count). The molecule has 5 nitrogen and oxygen atoms in total. The molecule has 0 aromatic heterocycles. The second-order valence-corrected chi connectivity index (χ2v) is 4.74. The Morgan fingerprint density at radius 1 is 1.42 bits per heavy atom. The molecule has 0 aliphatic rings. The zero-order valence-corrected chi connectivity index (χ0v) is 11.5. The maximum absolute atomic E-state index is 12.2. The van der Waals surface area contributed by atoms with Gasteiger partial charge in [0.05, 0.1) is 0 Å². The largest absolute Gasteiger partial charge is 0.480 e. The number of hydrogen-bond donors (Lipinski definition) is 2. The van der Waals surface area contributed by atoms with Crippen LogP contribution in [0.3, 0.4) is 0 Å². The Morgan fingerprint density at radius 2 is 2.00 bits per heavy atom. The lowest BCUT2D eigenvalue weighted by Crippen LogP contribution is -2.50. The quantitative estimate of drug-likeness (QED) is 0.752. The van der Waals surface area contributed by atoms with Crippen LogP contribution in [0.15, 0.2) is 0 Å². The predicted molar refractivity (Wildman–Crippen MR) is 66.3 cm³/mol. The van der Waals surface area contributed by atoms with E-state index in [1.54, 1.807) is 6.26 Å². The lowest BCUT2D eigenvalue weighted by atomic mass is 10.2. The van der Waals surface area contributed by atoms with Crippen molar-refractivity contribution in [1.82, 2.24) is 10.2 Å². The first-order chi connectivity index (χ1) is 8.71. The van der Waals surface area contributed by atoms with Gasteiger partial charge in [-0.3, -0.25) is 0 Å². The minimum absolute atomic E-state index is 0.153. The van der Waals surface area contributed by atoms with Gasteiger partial charge < -0.3 is 15.3 Å². The van der Waals surface area contributed by atoms with Crippen molar-refractivity contribution in [2.75, 3.05) is 25.1 Å². The number of thioether (sulfide) groups is 1. The highest BCUT2D eigenvalue weighted by Crippen LogP contribution is 2.16. The Labute approximate surface area is 113 Å². The molecular weight excluding hydrogens is 285 g/mol. The van der Waals surface area contributed by atoms with Crippen LogP contribution in [-0.4, -0.2) is 59.3 Å². The fraction of sp³-hybridized carbons (Fsp3) is 0.800. The first-order valence-electron chi connectivity index (χ1n) is 5.55. The van der Waals surface area contributed by atoms with E-state index in [0.717, 1.165) is 0 Å². The molecule has 0 aliphatic carbocycles. The third-order valence-corrected chi connectivity index (χ3v) is 2.89. The van der Waals surface area contributed by atoms with Crippen molar-refractivity contribution in [3.8, 4) is 0 Å². The topological polar surface area (TPSA) is 69.6 Å². The molecule has 9 heteroatoms. The molecule has 1 atom stereocenters. The van der Waals surface area contributed by atoms with Crippen molar-refractivity contribution in [1.29, 1.82) is 0 Å². The van der Waals surface area contributed by atoms with E-state index >= 15 is 0 Å². The van der Waals surface area contributed by atoms with E-state index in [1.807, 2.05) is 0 Å². The highest BCUT2D eigenvalue weighted by Gasteiger charge is 2.33. The van der Waals surface area contributed by atoms with Crippen LogP contribution < -0.4 is 5.32 Å². The summed E-state index contributed by atoms with van der Waals surface area (Å²) in [5, 5.41) is 11.0. The Hall–Kier alpha value is -1.12. The van der Waals surface area contributed by atoms with Gasteiger partial charge in [-0.15, -0.1) is 0 Å². The van der Waals surface area contributed by atoms with E-state index in [-0.39, 0.29) is 13.0 Å². The molecule has 19 heavy (non-hydrogen) atoms. The number of carboxylic acids is 1. The van der Waals surface area contributed by atoms with Gasteiger partial charge in [0.1, 0.15) is 12.6 Å². The summed E-state index contributed by atoms with van der Waals surface area (Å²) in [7, 11) is 0. The van der Waals surface area contributed by atoms with Crippen molar-refractivity contribution < 1.29 is 27.9 Å². The molecule has 0 bridgehead atoms. The van der Waals surface area contributed by atoms with Gasteiger partial charge in [0.25, 0.3) is 0 Å². The minimum Gasteiger partial charge on any atom is -0.480 e. The molecular formula is C10H17F3N2O3S. The average molecular weight is 302 g/mol. The summed E-state index contributed by atoms with van der Waals surface area (Å²) in [6.45, 7) is -0.159. The molecule has 0 saturated heterocycles. The number of carboxylic acid groups (broad SMARTS) is 1. The van der Waals surface area contributed by atoms with Gasteiger partial charge >= 0.3 is 18.2 Å². The summed E-state index contributed by atoms with van der Waals surface area (Å²) in [4.78, 5) is 23.0. The normalized spacial score (nSPS) is 12.9. The molecule has 2 amide bonds. The van der Waals surface area contributed by atoms with Gasteiger partial charge in [0, 0.05) is 6.54 Å². The van der Waals surface area contributed by atoms with Gasteiger partial charge in [-0.05, 0) is 25.4 Å². The van der Waals surface area contributed by atoms with Crippen molar-refractivity contribution in [2.24, 2.45) is 0 Å². The molecule has 0 aromatic carbocycles. The van der Waals surface area contributed by atoms with Crippen LogP contribution in [0.5, 0.6) is 0 Å². The predicted octanol–water partition coefficient (Wildman–Crippen LogP) is 1.79. The lowest BCUT2D eigenvalue weighted by molar-refractivity contribution is -0.140. The molecule has 0 unspecified atom stereocenters. The van der Waals surface area contributed by atoms with E-state index < -0.39 is 30.8 Å². The molecule has 0 saturated carbocycles. The van der Waals surface area contributed by atoms with E-state index in [2.05, 4.69) is 5.32 Å². The Morgan fingerprint density at radius 3 is 2.37 bits per heavy atom. The molecule has 2 N–H and O–H groups in total. The molecule has 0 aromatic rings. The Kier molecular flexibility index (Phi) is 7.65. The zero-order valence-electron chi connectivity index (χ0n) is 10.7. The summed E-state index contributed by atoms with van der Waals surface area (Å²) in [6.07, 6.45) is -2.58. The number of rotatable bonds is 7. The SMILES string of the molecule is CCN(CC(F)(F)F)C(=O)N[C@H](CCSC)C(=O)O. The second kappa shape index (κ2) is 8.13. The average Bonchev–Trinajstić information content (AvgIpc) is 2.29. The molecule has 0 aliphatic heterocycles. The number of carbonyl (C=O) groups excluding carboxylic acids is 1. The first kappa shape index (κ1) is 17.9. The van der Waals surface area contributed by atoms with Gasteiger partial charge in [0.2, 0.25) is 0 Å². The fourth-order valence-electron chi connectivity index (χ4n) is 1.28. The lowest BCUT2D eigenvalue weighted by Gasteiger charge is -2.24. The minimum atomic E-state index is -4.51. The summed E-state index contributed by atoms with van der Waals surface area (Å²) < 4.78 is 36.6. The van der Waals surface area contributed by atoms with Crippen LogP contribution in [0, 0.1) is 0 Å². The molecule has 0 heterocycles. The van der Waals surface area contributed by atoms with Crippen LogP contribution in [-0.2, 0) is 4.79 Å². The van der Waals surface area contributed by atoms with Gasteiger partial charge in [-0.25, -0.2) is 9.59 Å². The van der Waals surface area contributed by atoms with Crippen molar-refractivity contribution in [2.45, 2.75) is 25.6 Å². The van der Waals surface area contributed by atoms with Crippen LogP contribution in [0.1, 0.15) is 13.3 Å². The van der Waals surface area contributed by atoms with Crippen LogP contribution in [0.25, 0.3) is 0 Å². The number of nitrogens with one attached hydrogen (secondary N) is 1. The van der Waals surface area contributed by atoms with Crippen LogP contribution in [0.4, 0.5) is 18.0 Å². The van der Waals surface area contributed by atoms with E-state index in [4.69, 9.17) is 5.11 Å². The van der Waals surface area contributed by atoms with E-state index in [9.17, 15) is 22.8 Å². The number of alkyl halides is 3. The van der Waals surface area contributed by atoms with E-state index in [0.29, 0.717) is 10.7 Å². The molecule has 0 spiro atoms. The maximum Gasteiger partial charge on any atom is 0.406 e. The summed E-state index contributed by atoms with van der Waals surface area (Å²) >= 11 is 1.39. The maximum atomic E-state index is 12.2. The number of hydrogen-bond acceptors (Lipinski definition) is 3. The molecule has 112 valence electrons.